The fraction of sp³-hybridized carbons (Fsp3) is 0.375. The number of halogens is 1. The molecule has 29 heavy (non-hydrogen) atoms. The first kappa shape index (κ1) is 19.1. The summed E-state index contributed by atoms with van der Waals surface area (Å²) in [5.74, 6) is 0.147. The van der Waals surface area contributed by atoms with Gasteiger partial charge in [0.2, 0.25) is 0 Å². The number of carbonyl (C=O) groups is 1. The van der Waals surface area contributed by atoms with Crippen LogP contribution in [-0.4, -0.2) is 53.9 Å². The Morgan fingerprint density at radius 1 is 1.03 bits per heavy atom. The van der Waals surface area contributed by atoms with E-state index in [9.17, 15) is 4.79 Å². The minimum absolute atomic E-state index is 0.0676. The topological polar surface area (TPSA) is 39.3 Å². The van der Waals surface area contributed by atoms with Gasteiger partial charge in [-0.25, -0.2) is 0 Å². The SMILES string of the molecule is CN1CCN(C(=O)c2cccc3c(C4(c5ccc(I)cc5)CCC4)c[nH]c23)CC1. The molecule has 0 atom stereocenters. The number of para-hydroxylation sites is 1. The molecular formula is C24H26IN3O. The number of nitrogens with one attached hydrogen (secondary N) is 1. The van der Waals surface area contributed by atoms with Crippen LogP contribution in [0.1, 0.15) is 40.7 Å². The number of hydrogen-bond donors (Lipinski definition) is 1. The first-order valence-corrected chi connectivity index (χ1v) is 11.5. The number of hydrogen-bond acceptors (Lipinski definition) is 2. The van der Waals surface area contributed by atoms with Gasteiger partial charge in [0.05, 0.1) is 11.1 Å². The van der Waals surface area contributed by atoms with Crippen molar-refractivity contribution in [3.05, 3.63) is 68.9 Å². The predicted octanol–water partition coefficient (Wildman–Crippen LogP) is 4.63. The second kappa shape index (κ2) is 7.43. The number of fused-ring (bicyclic) bond motifs is 1. The highest BCUT2D eigenvalue weighted by Gasteiger charge is 2.42. The van der Waals surface area contributed by atoms with Crippen molar-refractivity contribution in [2.24, 2.45) is 0 Å². The molecule has 150 valence electrons. The fourth-order valence-corrected chi connectivity index (χ4v) is 5.28. The van der Waals surface area contributed by atoms with Crippen LogP contribution in [-0.2, 0) is 5.41 Å². The minimum atomic E-state index is 0.0676. The summed E-state index contributed by atoms with van der Waals surface area (Å²) in [6.45, 7) is 3.47. The van der Waals surface area contributed by atoms with Crippen molar-refractivity contribution in [3.8, 4) is 0 Å². The van der Waals surface area contributed by atoms with Crippen LogP contribution < -0.4 is 0 Å². The van der Waals surface area contributed by atoms with Crippen molar-refractivity contribution in [1.29, 1.82) is 0 Å². The zero-order valence-electron chi connectivity index (χ0n) is 16.7. The number of carbonyl (C=O) groups excluding carboxylic acids is 1. The van der Waals surface area contributed by atoms with Crippen LogP contribution >= 0.6 is 22.6 Å². The van der Waals surface area contributed by atoms with Crippen LogP contribution in [0.2, 0.25) is 0 Å². The lowest BCUT2D eigenvalue weighted by Gasteiger charge is -2.42. The molecule has 1 aliphatic heterocycles. The van der Waals surface area contributed by atoms with Crippen molar-refractivity contribution >= 4 is 39.4 Å². The molecule has 4 nitrogen and oxygen atoms in total. The number of piperazine rings is 1. The summed E-state index contributed by atoms with van der Waals surface area (Å²) < 4.78 is 1.26. The third kappa shape index (κ3) is 3.19. The average molecular weight is 499 g/mol. The van der Waals surface area contributed by atoms with Gasteiger partial charge in [0.25, 0.3) is 5.91 Å². The van der Waals surface area contributed by atoms with E-state index in [0.717, 1.165) is 50.1 Å². The van der Waals surface area contributed by atoms with E-state index >= 15 is 0 Å². The van der Waals surface area contributed by atoms with Gasteiger partial charge in [-0.05, 0) is 71.8 Å². The summed E-state index contributed by atoms with van der Waals surface area (Å²) >= 11 is 2.36. The smallest absolute Gasteiger partial charge is 0.256 e. The van der Waals surface area contributed by atoms with E-state index in [-0.39, 0.29) is 11.3 Å². The van der Waals surface area contributed by atoms with Crippen molar-refractivity contribution in [2.75, 3.05) is 33.2 Å². The lowest BCUT2D eigenvalue weighted by Crippen LogP contribution is -2.47. The fourth-order valence-electron chi connectivity index (χ4n) is 4.92. The molecule has 1 saturated heterocycles. The first-order chi connectivity index (χ1) is 14.1. The maximum Gasteiger partial charge on any atom is 0.256 e. The summed E-state index contributed by atoms with van der Waals surface area (Å²) in [6.07, 6.45) is 5.73. The molecule has 3 aromatic rings. The number of benzene rings is 2. The lowest BCUT2D eigenvalue weighted by atomic mass is 9.60. The van der Waals surface area contributed by atoms with Gasteiger partial charge >= 0.3 is 0 Å². The van der Waals surface area contributed by atoms with Gasteiger partial charge in [0, 0.05) is 46.7 Å². The maximum atomic E-state index is 13.3. The number of rotatable bonds is 3. The number of H-pyrrole nitrogens is 1. The standard InChI is InChI=1S/C24H26IN3O/c1-27-12-14-28(15-13-27)23(29)20-5-2-4-19-21(16-26-22(19)20)24(10-3-11-24)17-6-8-18(25)9-7-17/h2,4-9,16,26H,3,10-15H2,1H3. The highest BCUT2D eigenvalue weighted by molar-refractivity contribution is 14.1. The lowest BCUT2D eigenvalue weighted by molar-refractivity contribution is 0.0666. The molecule has 2 heterocycles. The molecular weight excluding hydrogens is 473 g/mol. The first-order valence-electron chi connectivity index (χ1n) is 10.4. The van der Waals surface area contributed by atoms with Crippen molar-refractivity contribution in [1.82, 2.24) is 14.8 Å². The second-order valence-corrected chi connectivity index (χ2v) is 9.71. The number of nitrogens with zero attached hydrogens (tertiary/aromatic N) is 2. The van der Waals surface area contributed by atoms with E-state index in [2.05, 4.69) is 76.1 Å². The van der Waals surface area contributed by atoms with E-state index in [4.69, 9.17) is 0 Å². The molecule has 1 N–H and O–H groups in total. The summed E-state index contributed by atoms with van der Waals surface area (Å²) in [4.78, 5) is 21.0. The molecule has 2 fully saturated rings. The van der Waals surface area contributed by atoms with E-state index in [1.807, 2.05) is 17.0 Å². The molecule has 2 aliphatic rings. The summed E-state index contributed by atoms with van der Waals surface area (Å²) in [5, 5.41) is 1.20. The molecule has 0 bridgehead atoms. The highest BCUT2D eigenvalue weighted by atomic mass is 127. The monoisotopic (exact) mass is 499 g/mol. The predicted molar refractivity (Wildman–Crippen MR) is 125 cm³/mol. The van der Waals surface area contributed by atoms with Crippen LogP contribution in [0, 0.1) is 3.57 Å². The van der Waals surface area contributed by atoms with Crippen molar-refractivity contribution in [2.45, 2.75) is 24.7 Å². The van der Waals surface area contributed by atoms with Gasteiger partial charge in [0.15, 0.2) is 0 Å². The highest BCUT2D eigenvalue weighted by Crippen LogP contribution is 2.51. The average Bonchev–Trinajstić information content (AvgIpc) is 3.13. The third-order valence-corrected chi connectivity index (χ3v) is 7.58. The van der Waals surface area contributed by atoms with Crippen LogP contribution in [0.4, 0.5) is 0 Å². The van der Waals surface area contributed by atoms with E-state index < -0.39 is 0 Å². The summed E-state index contributed by atoms with van der Waals surface area (Å²) in [7, 11) is 2.11. The number of aromatic amines is 1. The van der Waals surface area contributed by atoms with E-state index in [1.165, 1.54) is 26.5 Å². The summed E-state index contributed by atoms with van der Waals surface area (Å²) in [6, 6.07) is 15.2. The van der Waals surface area contributed by atoms with Gasteiger partial charge < -0.3 is 14.8 Å². The van der Waals surface area contributed by atoms with Crippen LogP contribution in [0.3, 0.4) is 0 Å². The molecule has 0 radical (unpaired) electrons. The van der Waals surface area contributed by atoms with Crippen molar-refractivity contribution < 1.29 is 4.79 Å². The molecule has 0 spiro atoms. The zero-order chi connectivity index (χ0) is 20.0. The van der Waals surface area contributed by atoms with Gasteiger partial charge in [-0.3, -0.25) is 4.79 Å². The van der Waals surface area contributed by atoms with Crippen LogP contribution in [0.15, 0.2) is 48.7 Å². The van der Waals surface area contributed by atoms with Gasteiger partial charge in [0.1, 0.15) is 0 Å². The molecule has 1 amide bonds. The molecule has 1 aromatic heterocycles. The Balaban J connectivity index is 1.55. The Morgan fingerprint density at radius 2 is 1.76 bits per heavy atom. The molecule has 1 saturated carbocycles. The maximum absolute atomic E-state index is 13.3. The number of aromatic nitrogens is 1. The number of amides is 1. The molecule has 0 unspecified atom stereocenters. The van der Waals surface area contributed by atoms with E-state index in [1.54, 1.807) is 0 Å². The third-order valence-electron chi connectivity index (χ3n) is 6.86. The van der Waals surface area contributed by atoms with Crippen molar-refractivity contribution in [3.63, 3.8) is 0 Å². The molecule has 2 aromatic carbocycles. The van der Waals surface area contributed by atoms with Crippen LogP contribution in [0.5, 0.6) is 0 Å². The van der Waals surface area contributed by atoms with Gasteiger partial charge in [-0.15, -0.1) is 0 Å². The molecule has 5 rings (SSSR count). The Morgan fingerprint density at radius 3 is 2.41 bits per heavy atom. The van der Waals surface area contributed by atoms with Crippen LogP contribution in [0.25, 0.3) is 10.9 Å². The quantitative estimate of drug-likeness (QED) is 0.534. The Labute approximate surface area is 185 Å². The molecule has 5 heteroatoms. The molecule has 1 aliphatic carbocycles. The minimum Gasteiger partial charge on any atom is -0.360 e. The number of likely N-dealkylation sites (N-methyl/N-ethyl adjacent to an activating group) is 1. The van der Waals surface area contributed by atoms with E-state index in [0.29, 0.717) is 0 Å². The summed E-state index contributed by atoms with van der Waals surface area (Å²) in [5.41, 5.74) is 4.59. The largest absolute Gasteiger partial charge is 0.360 e. The van der Waals surface area contributed by atoms with Gasteiger partial charge in [-0.2, -0.15) is 0 Å². The normalized spacial score (nSPS) is 19.3. The Bertz CT molecular complexity index is 1040. The Kier molecular flexibility index (Phi) is 4.90. The van der Waals surface area contributed by atoms with Gasteiger partial charge in [-0.1, -0.05) is 30.7 Å². The second-order valence-electron chi connectivity index (χ2n) is 8.47. The Hall–Kier alpha value is -1.86. The zero-order valence-corrected chi connectivity index (χ0v) is 18.9.